The molecule has 0 radical (unpaired) electrons. The molecule has 12 heavy (non-hydrogen) atoms. The standard InChI is InChI=1S/C10H22BBr/c1-3-5-7-9-11(12)10-8-6-4-2/h3-10H2,1-2H3. The molecule has 0 atom stereocenters. The van der Waals surface area contributed by atoms with Crippen molar-refractivity contribution in [2.24, 2.45) is 0 Å². The van der Waals surface area contributed by atoms with Gasteiger partial charge in [0.15, 0.2) is 0 Å². The van der Waals surface area contributed by atoms with Gasteiger partial charge in [-0.2, -0.15) is 15.8 Å². The topological polar surface area (TPSA) is 0 Å². The van der Waals surface area contributed by atoms with E-state index in [0.717, 1.165) is 5.54 Å². The molecule has 0 unspecified atom stereocenters. The van der Waals surface area contributed by atoms with Gasteiger partial charge in [0.1, 0.15) is 0 Å². The lowest BCUT2D eigenvalue weighted by Gasteiger charge is -2.04. The highest BCUT2D eigenvalue weighted by Gasteiger charge is 2.07. The first-order chi connectivity index (χ1) is 5.81. The molecule has 0 rings (SSSR count). The van der Waals surface area contributed by atoms with Gasteiger partial charge < -0.3 is 0 Å². The Kier molecular flexibility index (Phi) is 10.1. The summed E-state index contributed by atoms with van der Waals surface area (Å²) in [5, 5.41) is 0. The van der Waals surface area contributed by atoms with Crippen LogP contribution in [0.5, 0.6) is 0 Å². The third kappa shape index (κ3) is 8.64. The summed E-state index contributed by atoms with van der Waals surface area (Å²) >= 11 is 3.74. The minimum Gasteiger partial charge on any atom is -0.157 e. The SMILES string of the molecule is CCCCCB(Br)CCCCC. The zero-order valence-electron chi connectivity index (χ0n) is 8.61. The van der Waals surface area contributed by atoms with E-state index in [1.54, 1.807) is 0 Å². The largest absolute Gasteiger partial charge is 0.222 e. The van der Waals surface area contributed by atoms with Crippen LogP contribution in [0.25, 0.3) is 0 Å². The van der Waals surface area contributed by atoms with E-state index in [9.17, 15) is 0 Å². The van der Waals surface area contributed by atoms with Gasteiger partial charge in [-0.1, -0.05) is 65.0 Å². The molecular formula is C10H22BBr. The van der Waals surface area contributed by atoms with E-state index < -0.39 is 0 Å². The molecule has 0 amide bonds. The van der Waals surface area contributed by atoms with E-state index in [1.807, 2.05) is 0 Å². The monoisotopic (exact) mass is 232 g/mol. The maximum atomic E-state index is 3.74. The van der Waals surface area contributed by atoms with Gasteiger partial charge in [-0.3, -0.25) is 0 Å². The fourth-order valence-corrected chi connectivity index (χ4v) is 2.02. The highest BCUT2D eigenvalue weighted by Crippen LogP contribution is 2.15. The minimum atomic E-state index is 0.788. The van der Waals surface area contributed by atoms with Crippen LogP contribution in [0.2, 0.25) is 12.6 Å². The molecule has 0 heterocycles. The lowest BCUT2D eigenvalue weighted by molar-refractivity contribution is 0.751. The predicted octanol–water partition coefficient (Wildman–Crippen LogP) is 4.75. The van der Waals surface area contributed by atoms with Crippen LogP contribution < -0.4 is 0 Å². The van der Waals surface area contributed by atoms with Gasteiger partial charge in [-0.25, -0.2) is 0 Å². The van der Waals surface area contributed by atoms with Crippen LogP contribution in [0.4, 0.5) is 0 Å². The van der Waals surface area contributed by atoms with E-state index in [2.05, 4.69) is 29.6 Å². The van der Waals surface area contributed by atoms with Crippen LogP contribution in [0.3, 0.4) is 0 Å². The molecule has 0 N–H and O–H groups in total. The molecule has 0 aliphatic carbocycles. The van der Waals surface area contributed by atoms with Gasteiger partial charge in [-0.15, -0.1) is 0 Å². The summed E-state index contributed by atoms with van der Waals surface area (Å²) < 4.78 is 0. The van der Waals surface area contributed by atoms with Gasteiger partial charge in [0.2, 0.25) is 5.54 Å². The quantitative estimate of drug-likeness (QED) is 0.419. The molecule has 0 aliphatic heterocycles. The van der Waals surface area contributed by atoms with Crippen LogP contribution in [0.1, 0.15) is 52.4 Å². The Morgan fingerprint density at radius 1 is 0.833 bits per heavy atom. The summed E-state index contributed by atoms with van der Waals surface area (Å²) in [6.45, 7) is 4.53. The molecule has 0 bridgehead atoms. The van der Waals surface area contributed by atoms with Gasteiger partial charge in [0, 0.05) is 0 Å². The first-order valence-electron chi connectivity index (χ1n) is 5.45. The lowest BCUT2D eigenvalue weighted by atomic mass is 9.67. The van der Waals surface area contributed by atoms with Crippen LogP contribution in [0, 0.1) is 0 Å². The Bertz CT molecular complexity index is 75.9. The second kappa shape index (κ2) is 9.63. The first kappa shape index (κ1) is 12.5. The van der Waals surface area contributed by atoms with Crippen molar-refractivity contribution < 1.29 is 0 Å². The van der Waals surface area contributed by atoms with E-state index >= 15 is 0 Å². The van der Waals surface area contributed by atoms with E-state index in [1.165, 1.54) is 51.2 Å². The summed E-state index contributed by atoms with van der Waals surface area (Å²) in [7, 11) is 0. The lowest BCUT2D eigenvalue weighted by Crippen LogP contribution is -2.01. The van der Waals surface area contributed by atoms with Gasteiger partial charge >= 0.3 is 0 Å². The molecule has 0 aromatic rings. The van der Waals surface area contributed by atoms with Gasteiger partial charge in [0.05, 0.1) is 0 Å². The first-order valence-corrected chi connectivity index (χ1v) is 6.36. The fraction of sp³-hybridized carbons (Fsp3) is 1.00. The van der Waals surface area contributed by atoms with Crippen molar-refractivity contribution in [2.75, 3.05) is 0 Å². The van der Waals surface area contributed by atoms with E-state index in [0.29, 0.717) is 0 Å². The van der Waals surface area contributed by atoms with E-state index in [4.69, 9.17) is 0 Å². The molecular weight excluding hydrogens is 211 g/mol. The van der Waals surface area contributed by atoms with Crippen molar-refractivity contribution in [2.45, 2.75) is 65.0 Å². The molecule has 0 aromatic carbocycles. The highest BCUT2D eigenvalue weighted by atomic mass is 79.9. The average molecular weight is 233 g/mol. The predicted molar refractivity (Wildman–Crippen MR) is 63.3 cm³/mol. The van der Waals surface area contributed by atoms with Crippen molar-refractivity contribution in [3.8, 4) is 0 Å². The second-order valence-electron chi connectivity index (χ2n) is 3.59. The zero-order valence-corrected chi connectivity index (χ0v) is 10.2. The molecule has 0 nitrogen and oxygen atoms in total. The van der Waals surface area contributed by atoms with Gasteiger partial charge in [-0.05, 0) is 0 Å². The normalized spacial score (nSPS) is 10.2. The van der Waals surface area contributed by atoms with Crippen molar-refractivity contribution in [1.29, 1.82) is 0 Å². The Morgan fingerprint density at radius 2 is 1.25 bits per heavy atom. The van der Waals surface area contributed by atoms with Crippen LogP contribution in [-0.2, 0) is 0 Å². The third-order valence-corrected chi connectivity index (χ3v) is 3.16. The molecule has 0 fully saturated rings. The Labute approximate surface area is 86.6 Å². The molecule has 72 valence electrons. The van der Waals surface area contributed by atoms with Crippen LogP contribution in [-0.4, -0.2) is 5.54 Å². The van der Waals surface area contributed by atoms with Crippen molar-refractivity contribution in [3.63, 3.8) is 0 Å². The summed E-state index contributed by atoms with van der Waals surface area (Å²) in [6, 6.07) is 0. The molecule has 0 aliphatic rings. The maximum Gasteiger partial charge on any atom is 0.222 e. The summed E-state index contributed by atoms with van der Waals surface area (Å²) in [4.78, 5) is 0. The molecule has 0 spiro atoms. The van der Waals surface area contributed by atoms with Crippen molar-refractivity contribution >= 4 is 21.3 Å². The highest BCUT2D eigenvalue weighted by molar-refractivity contribution is 9.24. The van der Waals surface area contributed by atoms with Crippen molar-refractivity contribution in [1.82, 2.24) is 0 Å². The number of unbranched alkanes of at least 4 members (excludes halogenated alkanes) is 4. The average Bonchev–Trinajstić information content (AvgIpc) is 2.06. The Balaban J connectivity index is 3.04. The molecule has 0 aromatic heterocycles. The zero-order chi connectivity index (χ0) is 9.23. The summed E-state index contributed by atoms with van der Waals surface area (Å²) in [6.07, 6.45) is 11.0. The summed E-state index contributed by atoms with van der Waals surface area (Å²) in [5.41, 5.74) is 0.788. The third-order valence-electron chi connectivity index (χ3n) is 2.24. The molecule has 2 heteroatoms. The minimum absolute atomic E-state index is 0.788. The smallest absolute Gasteiger partial charge is 0.157 e. The summed E-state index contributed by atoms with van der Waals surface area (Å²) in [5.74, 6) is 0. The van der Waals surface area contributed by atoms with Crippen LogP contribution in [0.15, 0.2) is 0 Å². The second-order valence-corrected chi connectivity index (χ2v) is 4.88. The maximum absolute atomic E-state index is 3.74. The molecule has 0 saturated carbocycles. The number of halogens is 1. The van der Waals surface area contributed by atoms with Gasteiger partial charge in [0.25, 0.3) is 0 Å². The number of hydrogen-bond donors (Lipinski definition) is 0. The van der Waals surface area contributed by atoms with Crippen molar-refractivity contribution in [3.05, 3.63) is 0 Å². The molecule has 0 saturated heterocycles. The van der Waals surface area contributed by atoms with E-state index in [-0.39, 0.29) is 0 Å². The Morgan fingerprint density at radius 3 is 1.58 bits per heavy atom. The Hall–Kier alpha value is 0.545. The number of hydrogen-bond acceptors (Lipinski definition) is 0. The number of rotatable bonds is 8. The van der Waals surface area contributed by atoms with Crippen LogP contribution >= 0.6 is 15.8 Å². The fourth-order valence-electron chi connectivity index (χ4n) is 1.38.